The van der Waals surface area contributed by atoms with Crippen molar-refractivity contribution in [3.8, 4) is 6.07 Å². The van der Waals surface area contributed by atoms with Crippen molar-refractivity contribution >= 4 is 40.2 Å². The van der Waals surface area contributed by atoms with Crippen molar-refractivity contribution in [2.75, 3.05) is 5.32 Å². The van der Waals surface area contributed by atoms with Gasteiger partial charge in [-0.1, -0.05) is 48.0 Å². The molecule has 1 N–H and O–H groups in total. The lowest BCUT2D eigenvalue weighted by molar-refractivity contribution is -0.111. The fourth-order valence-corrected chi connectivity index (χ4v) is 3.85. The Bertz CT molecular complexity index is 1440. The van der Waals surface area contributed by atoms with E-state index in [1.165, 1.54) is 16.7 Å². The lowest BCUT2D eigenvalue weighted by Gasteiger charge is -2.10. The highest BCUT2D eigenvalue weighted by atomic mass is 35.5. The number of para-hydroxylation sites is 1. The molecule has 4 aromatic rings. The van der Waals surface area contributed by atoms with Crippen LogP contribution >= 0.6 is 11.6 Å². The van der Waals surface area contributed by atoms with Gasteiger partial charge in [-0.2, -0.15) is 5.26 Å². The molecule has 0 saturated carbocycles. The number of nitrogens with zero attached hydrogens (tertiary/aromatic N) is 3. The predicted molar refractivity (Wildman–Crippen MR) is 131 cm³/mol. The van der Waals surface area contributed by atoms with Gasteiger partial charge < -0.3 is 14.5 Å². The van der Waals surface area contributed by atoms with Crippen LogP contribution < -0.4 is 10.9 Å². The van der Waals surface area contributed by atoms with Crippen molar-refractivity contribution in [1.29, 1.82) is 5.26 Å². The third-order valence-corrected chi connectivity index (χ3v) is 5.62. The van der Waals surface area contributed by atoms with Gasteiger partial charge in [0.15, 0.2) is 0 Å². The van der Waals surface area contributed by atoms with Gasteiger partial charge in [0.25, 0.3) is 5.56 Å². The third-order valence-electron chi connectivity index (χ3n) is 5.25. The molecule has 0 saturated heterocycles. The van der Waals surface area contributed by atoms with Gasteiger partial charge in [0, 0.05) is 52.6 Å². The number of aromatic nitrogens is 2. The van der Waals surface area contributed by atoms with Crippen LogP contribution in [0.5, 0.6) is 0 Å². The zero-order valence-electron chi connectivity index (χ0n) is 17.7. The Labute approximate surface area is 196 Å². The van der Waals surface area contributed by atoms with E-state index in [1.54, 1.807) is 24.4 Å². The van der Waals surface area contributed by atoms with Gasteiger partial charge in [0.1, 0.15) is 0 Å². The van der Waals surface area contributed by atoms with E-state index in [1.807, 2.05) is 53.2 Å². The molecule has 0 bridgehead atoms. The van der Waals surface area contributed by atoms with Gasteiger partial charge >= 0.3 is 0 Å². The summed E-state index contributed by atoms with van der Waals surface area (Å²) in [7, 11) is 0. The van der Waals surface area contributed by atoms with Crippen molar-refractivity contribution in [3.05, 3.63) is 106 Å². The Balaban J connectivity index is 1.51. The minimum absolute atomic E-state index is 0.186. The van der Waals surface area contributed by atoms with Crippen molar-refractivity contribution < 1.29 is 4.79 Å². The number of amides is 1. The molecular weight excluding hydrogens is 436 g/mol. The summed E-state index contributed by atoms with van der Waals surface area (Å²) in [5.74, 6) is -0.313. The van der Waals surface area contributed by atoms with Gasteiger partial charge in [0.05, 0.1) is 24.7 Å². The second-order valence-electron chi connectivity index (χ2n) is 7.50. The van der Waals surface area contributed by atoms with Gasteiger partial charge in [-0.25, -0.2) is 0 Å². The number of nitrogens with one attached hydrogen (secondary N) is 1. The fraction of sp³-hybridized carbons (Fsp3) is 0.115. The second-order valence-corrected chi connectivity index (χ2v) is 7.91. The van der Waals surface area contributed by atoms with Crippen LogP contribution in [0.3, 0.4) is 0 Å². The maximum absolute atomic E-state index is 12.6. The molecule has 6 nitrogen and oxygen atoms in total. The topological polar surface area (TPSA) is 79.8 Å². The Morgan fingerprint density at radius 1 is 1.03 bits per heavy atom. The number of benzene rings is 2. The van der Waals surface area contributed by atoms with Crippen molar-refractivity contribution in [3.63, 3.8) is 0 Å². The maximum Gasteiger partial charge on any atom is 0.250 e. The highest BCUT2D eigenvalue weighted by Gasteiger charge is 2.08. The molecule has 0 unspecified atom stereocenters. The summed E-state index contributed by atoms with van der Waals surface area (Å²) in [5.41, 5.74) is 3.04. The molecule has 33 heavy (non-hydrogen) atoms. The second kappa shape index (κ2) is 10.0. The SMILES string of the molecule is N#CCCn1cc(/C=C/C(=O)Nc2ccc(=O)n(Cc3ccccc3Cl)c2)c2ccccc21. The Morgan fingerprint density at radius 3 is 2.64 bits per heavy atom. The summed E-state index contributed by atoms with van der Waals surface area (Å²) in [6.45, 7) is 0.893. The smallest absolute Gasteiger partial charge is 0.250 e. The standard InChI is InChI=1S/C26H21ClN4O2/c27-23-8-3-1-6-20(23)17-31-18-21(11-13-26(31)33)29-25(32)12-10-19-16-30(15-5-14-28)24-9-4-2-7-22(19)24/h1-4,6-13,16,18H,5,15,17H2,(H,29,32)/b12-10+. The monoisotopic (exact) mass is 456 g/mol. The van der Waals surface area contributed by atoms with Crippen LogP contribution in [0.25, 0.3) is 17.0 Å². The number of rotatable bonds is 7. The summed E-state index contributed by atoms with van der Waals surface area (Å²) < 4.78 is 3.52. The number of anilines is 1. The zero-order chi connectivity index (χ0) is 23.2. The van der Waals surface area contributed by atoms with Crippen LogP contribution in [-0.4, -0.2) is 15.0 Å². The number of hydrogen-bond donors (Lipinski definition) is 1. The molecule has 0 atom stereocenters. The van der Waals surface area contributed by atoms with Crippen molar-refractivity contribution in [1.82, 2.24) is 9.13 Å². The normalized spacial score (nSPS) is 11.0. The minimum Gasteiger partial charge on any atom is -0.346 e. The number of nitriles is 1. The summed E-state index contributed by atoms with van der Waals surface area (Å²) in [4.78, 5) is 24.8. The molecule has 2 aromatic carbocycles. The molecule has 0 aliphatic heterocycles. The number of carbonyl (C=O) groups excluding carboxylic acids is 1. The molecule has 7 heteroatoms. The van der Waals surface area contributed by atoms with E-state index in [0.29, 0.717) is 30.2 Å². The summed E-state index contributed by atoms with van der Waals surface area (Å²) in [6, 6.07) is 20.3. The van der Waals surface area contributed by atoms with E-state index >= 15 is 0 Å². The molecule has 0 spiro atoms. The largest absolute Gasteiger partial charge is 0.346 e. The number of pyridine rings is 1. The van der Waals surface area contributed by atoms with Crippen molar-refractivity contribution in [2.45, 2.75) is 19.5 Å². The van der Waals surface area contributed by atoms with Crippen LogP contribution in [0.15, 0.2) is 83.9 Å². The molecule has 1 amide bonds. The molecule has 0 aliphatic carbocycles. The molecule has 2 aromatic heterocycles. The average Bonchev–Trinajstić information content (AvgIpc) is 3.17. The summed E-state index contributed by atoms with van der Waals surface area (Å²) >= 11 is 6.21. The molecule has 0 aliphatic rings. The van der Waals surface area contributed by atoms with Gasteiger partial charge in [-0.05, 0) is 29.8 Å². The minimum atomic E-state index is -0.313. The van der Waals surface area contributed by atoms with Gasteiger partial charge in [-0.3, -0.25) is 9.59 Å². The van der Waals surface area contributed by atoms with E-state index in [2.05, 4.69) is 11.4 Å². The van der Waals surface area contributed by atoms with E-state index in [0.717, 1.165) is 22.0 Å². The zero-order valence-corrected chi connectivity index (χ0v) is 18.5. The number of hydrogen-bond acceptors (Lipinski definition) is 3. The van der Waals surface area contributed by atoms with E-state index in [9.17, 15) is 9.59 Å². The first kappa shape index (κ1) is 22.1. The lowest BCUT2D eigenvalue weighted by atomic mass is 10.1. The van der Waals surface area contributed by atoms with Gasteiger partial charge in [0.2, 0.25) is 5.91 Å². The molecule has 164 valence electrons. The average molecular weight is 457 g/mol. The maximum atomic E-state index is 12.6. The van der Waals surface area contributed by atoms with Crippen LogP contribution in [0.1, 0.15) is 17.5 Å². The van der Waals surface area contributed by atoms with E-state index < -0.39 is 0 Å². The third kappa shape index (κ3) is 5.22. The number of aryl methyl sites for hydroxylation is 1. The van der Waals surface area contributed by atoms with Gasteiger partial charge in [-0.15, -0.1) is 0 Å². The first-order chi connectivity index (χ1) is 16.0. The lowest BCUT2D eigenvalue weighted by Crippen LogP contribution is -2.20. The predicted octanol–water partition coefficient (Wildman–Crippen LogP) is 5.07. The Kier molecular flexibility index (Phi) is 6.72. The van der Waals surface area contributed by atoms with E-state index in [4.69, 9.17) is 16.9 Å². The number of halogens is 1. The summed E-state index contributed by atoms with van der Waals surface area (Å²) in [5, 5.41) is 13.3. The van der Waals surface area contributed by atoms with Crippen LogP contribution in [0.4, 0.5) is 5.69 Å². The molecule has 2 heterocycles. The highest BCUT2D eigenvalue weighted by Crippen LogP contribution is 2.23. The number of fused-ring (bicyclic) bond motifs is 1. The first-order valence-corrected chi connectivity index (χ1v) is 10.8. The van der Waals surface area contributed by atoms with Crippen LogP contribution in [0.2, 0.25) is 5.02 Å². The highest BCUT2D eigenvalue weighted by molar-refractivity contribution is 6.31. The molecule has 0 fully saturated rings. The molecule has 0 radical (unpaired) electrons. The van der Waals surface area contributed by atoms with Crippen molar-refractivity contribution in [2.24, 2.45) is 0 Å². The molecule has 4 rings (SSSR count). The summed E-state index contributed by atoms with van der Waals surface area (Å²) in [6.07, 6.45) is 7.16. The quantitative estimate of drug-likeness (QED) is 0.394. The Morgan fingerprint density at radius 2 is 1.82 bits per heavy atom. The molecular formula is C26H21ClN4O2. The number of carbonyl (C=O) groups is 1. The Hall–Kier alpha value is -4.08. The van der Waals surface area contributed by atoms with E-state index in [-0.39, 0.29) is 11.5 Å². The van der Waals surface area contributed by atoms with Crippen LogP contribution in [-0.2, 0) is 17.9 Å². The first-order valence-electron chi connectivity index (χ1n) is 10.4. The fourth-order valence-electron chi connectivity index (χ4n) is 3.65. The van der Waals surface area contributed by atoms with Crippen LogP contribution in [0, 0.1) is 11.3 Å².